The first-order chi connectivity index (χ1) is 10.5. The summed E-state index contributed by atoms with van der Waals surface area (Å²) in [6.07, 6.45) is 3.89. The van der Waals surface area contributed by atoms with Crippen LogP contribution in [0.25, 0.3) is 0 Å². The summed E-state index contributed by atoms with van der Waals surface area (Å²) >= 11 is 5.97. The molecule has 1 aliphatic carbocycles. The zero-order valence-corrected chi connectivity index (χ0v) is 12.5. The maximum Gasteiger partial charge on any atom is 0.239 e. The highest BCUT2D eigenvalue weighted by Gasteiger charge is 2.44. The Morgan fingerprint density at radius 2 is 2.27 bits per heavy atom. The van der Waals surface area contributed by atoms with Gasteiger partial charge in [0, 0.05) is 17.1 Å². The Morgan fingerprint density at radius 1 is 1.45 bits per heavy atom. The number of anilines is 1. The molecular formula is C15H15ClN4O2. The number of benzene rings is 1. The zero-order valence-electron chi connectivity index (χ0n) is 11.7. The summed E-state index contributed by atoms with van der Waals surface area (Å²) in [5.74, 6) is -0.384. The van der Waals surface area contributed by atoms with Crippen molar-refractivity contribution < 1.29 is 9.59 Å². The average molecular weight is 319 g/mol. The van der Waals surface area contributed by atoms with Gasteiger partial charge in [0.25, 0.3) is 0 Å². The van der Waals surface area contributed by atoms with Gasteiger partial charge < -0.3 is 11.1 Å². The maximum absolute atomic E-state index is 12.2. The number of hydrogen-bond donors (Lipinski definition) is 2. The lowest BCUT2D eigenvalue weighted by Crippen LogP contribution is -2.19. The fraction of sp³-hybridized carbons (Fsp3) is 0.267. The van der Waals surface area contributed by atoms with Crippen LogP contribution >= 0.6 is 11.6 Å². The van der Waals surface area contributed by atoms with E-state index in [0.717, 1.165) is 12.0 Å². The van der Waals surface area contributed by atoms with Gasteiger partial charge in [0.15, 0.2) is 0 Å². The van der Waals surface area contributed by atoms with Crippen LogP contribution < -0.4 is 11.1 Å². The van der Waals surface area contributed by atoms with Gasteiger partial charge >= 0.3 is 0 Å². The lowest BCUT2D eigenvalue weighted by Gasteiger charge is -2.03. The Hall–Kier alpha value is -2.34. The van der Waals surface area contributed by atoms with Crippen molar-refractivity contribution in [1.82, 2.24) is 9.78 Å². The van der Waals surface area contributed by atoms with Crippen molar-refractivity contribution >= 4 is 29.1 Å². The number of nitrogens with two attached hydrogens (primary N) is 1. The van der Waals surface area contributed by atoms with Gasteiger partial charge in [0.05, 0.1) is 11.9 Å². The van der Waals surface area contributed by atoms with E-state index >= 15 is 0 Å². The summed E-state index contributed by atoms with van der Waals surface area (Å²) in [6.45, 7) is -0.00949. The van der Waals surface area contributed by atoms with Crippen LogP contribution in [0.15, 0.2) is 36.7 Å². The molecule has 2 atom stereocenters. The minimum absolute atomic E-state index is 0.00949. The van der Waals surface area contributed by atoms with E-state index in [1.165, 1.54) is 10.9 Å². The van der Waals surface area contributed by atoms with Crippen molar-refractivity contribution in [3.05, 3.63) is 47.2 Å². The predicted molar refractivity (Wildman–Crippen MR) is 82.4 cm³/mol. The summed E-state index contributed by atoms with van der Waals surface area (Å²) in [4.78, 5) is 23.0. The predicted octanol–water partition coefficient (Wildman–Crippen LogP) is 1.76. The average Bonchev–Trinajstić information content (AvgIpc) is 3.15. The number of nitrogens with one attached hydrogen (secondary N) is 1. The van der Waals surface area contributed by atoms with E-state index in [9.17, 15) is 9.59 Å². The molecule has 6 nitrogen and oxygen atoms in total. The van der Waals surface area contributed by atoms with Crippen molar-refractivity contribution in [2.75, 3.05) is 5.32 Å². The van der Waals surface area contributed by atoms with Crippen molar-refractivity contribution in [3.63, 3.8) is 0 Å². The van der Waals surface area contributed by atoms with Crippen molar-refractivity contribution in [2.24, 2.45) is 11.7 Å². The normalized spacial score (nSPS) is 19.7. The molecule has 0 spiro atoms. The zero-order chi connectivity index (χ0) is 15.7. The number of carbonyl (C=O) groups excluding carboxylic acids is 2. The van der Waals surface area contributed by atoms with Crippen molar-refractivity contribution in [2.45, 2.75) is 18.9 Å². The number of rotatable bonds is 5. The highest BCUT2D eigenvalue weighted by atomic mass is 35.5. The lowest BCUT2D eigenvalue weighted by molar-refractivity contribution is -0.119. The molecule has 1 saturated carbocycles. The second-order valence-electron chi connectivity index (χ2n) is 5.39. The molecule has 1 fully saturated rings. The van der Waals surface area contributed by atoms with E-state index in [1.807, 2.05) is 24.3 Å². The Bertz CT molecular complexity index is 728. The molecule has 1 aliphatic rings. The quantitative estimate of drug-likeness (QED) is 0.880. The Kier molecular flexibility index (Phi) is 3.85. The van der Waals surface area contributed by atoms with Gasteiger partial charge in [0.2, 0.25) is 11.8 Å². The van der Waals surface area contributed by atoms with Gasteiger partial charge in [-0.2, -0.15) is 5.10 Å². The Labute approximate surface area is 132 Å². The third-order valence-corrected chi connectivity index (χ3v) is 3.86. The highest BCUT2D eigenvalue weighted by Crippen LogP contribution is 2.48. The fourth-order valence-electron chi connectivity index (χ4n) is 2.50. The standard InChI is InChI=1S/C15H15ClN4O2/c16-10-3-1-2-9(4-10)12-5-13(12)15(22)19-11-6-18-20(7-11)8-14(17)21/h1-4,6-7,12-13H,5,8H2,(H2,17,21)(H,19,22)/t12-,13-/m1/s1. The lowest BCUT2D eigenvalue weighted by atomic mass is 10.1. The van der Waals surface area contributed by atoms with E-state index in [4.69, 9.17) is 17.3 Å². The SMILES string of the molecule is NC(=O)Cn1cc(NC(=O)[C@@H]2C[C@@H]2c2cccc(Cl)c2)cn1. The monoisotopic (exact) mass is 318 g/mol. The molecular weight excluding hydrogens is 304 g/mol. The van der Waals surface area contributed by atoms with Crippen LogP contribution in [0.5, 0.6) is 0 Å². The first-order valence-corrected chi connectivity index (χ1v) is 7.28. The van der Waals surface area contributed by atoms with Crippen LogP contribution in [0.4, 0.5) is 5.69 Å². The number of carbonyl (C=O) groups is 2. The minimum atomic E-state index is -0.482. The second-order valence-corrected chi connectivity index (χ2v) is 5.82. The summed E-state index contributed by atoms with van der Waals surface area (Å²) in [5, 5.41) is 7.44. The first-order valence-electron chi connectivity index (χ1n) is 6.90. The number of amides is 2. The molecule has 1 heterocycles. The van der Waals surface area contributed by atoms with Gasteiger partial charge in [-0.3, -0.25) is 14.3 Å². The van der Waals surface area contributed by atoms with Crippen LogP contribution in [-0.4, -0.2) is 21.6 Å². The molecule has 1 aromatic heterocycles. The maximum atomic E-state index is 12.2. The molecule has 3 N–H and O–H groups in total. The Morgan fingerprint density at radius 3 is 3.00 bits per heavy atom. The second kappa shape index (κ2) is 5.81. The van der Waals surface area contributed by atoms with Gasteiger partial charge in [-0.15, -0.1) is 0 Å². The van der Waals surface area contributed by atoms with Crippen LogP contribution in [0.1, 0.15) is 17.9 Å². The molecule has 7 heteroatoms. The van der Waals surface area contributed by atoms with Crippen molar-refractivity contribution in [1.29, 1.82) is 0 Å². The molecule has 1 aromatic carbocycles. The molecule has 22 heavy (non-hydrogen) atoms. The van der Waals surface area contributed by atoms with Crippen LogP contribution in [0, 0.1) is 5.92 Å². The number of halogens is 1. The molecule has 0 radical (unpaired) electrons. The van der Waals surface area contributed by atoms with Crippen LogP contribution in [-0.2, 0) is 16.1 Å². The third-order valence-electron chi connectivity index (χ3n) is 3.62. The molecule has 114 valence electrons. The minimum Gasteiger partial charge on any atom is -0.368 e. The number of nitrogens with zero attached hydrogens (tertiary/aromatic N) is 2. The van der Waals surface area contributed by atoms with Gasteiger partial charge in [-0.25, -0.2) is 0 Å². The highest BCUT2D eigenvalue weighted by molar-refractivity contribution is 6.30. The molecule has 0 bridgehead atoms. The number of aromatic nitrogens is 2. The summed E-state index contributed by atoms with van der Waals surface area (Å²) in [6, 6.07) is 7.58. The van der Waals surface area contributed by atoms with Crippen molar-refractivity contribution in [3.8, 4) is 0 Å². The summed E-state index contributed by atoms with van der Waals surface area (Å²) in [5.41, 5.74) is 6.73. The van der Waals surface area contributed by atoms with Gasteiger partial charge in [0.1, 0.15) is 6.54 Å². The van der Waals surface area contributed by atoms with E-state index in [2.05, 4.69) is 10.4 Å². The topological polar surface area (TPSA) is 90.0 Å². The van der Waals surface area contributed by atoms with Gasteiger partial charge in [-0.1, -0.05) is 23.7 Å². The first kappa shape index (κ1) is 14.6. The molecule has 0 saturated heterocycles. The van der Waals surface area contributed by atoms with Gasteiger partial charge in [-0.05, 0) is 30.0 Å². The Balaban J connectivity index is 1.59. The number of primary amides is 1. The molecule has 0 unspecified atom stereocenters. The van der Waals surface area contributed by atoms with Crippen LogP contribution in [0.3, 0.4) is 0 Å². The summed E-state index contributed by atoms with van der Waals surface area (Å²) < 4.78 is 1.39. The molecule has 2 aromatic rings. The molecule has 3 rings (SSSR count). The smallest absolute Gasteiger partial charge is 0.239 e. The van der Waals surface area contributed by atoms with E-state index in [-0.39, 0.29) is 24.3 Å². The summed E-state index contributed by atoms with van der Waals surface area (Å²) in [7, 11) is 0. The molecule has 0 aliphatic heterocycles. The van der Waals surface area contributed by atoms with Crippen LogP contribution in [0.2, 0.25) is 5.02 Å². The molecule has 2 amide bonds. The number of hydrogen-bond acceptors (Lipinski definition) is 3. The third kappa shape index (κ3) is 3.28. The largest absolute Gasteiger partial charge is 0.368 e. The van der Waals surface area contributed by atoms with E-state index in [1.54, 1.807) is 6.20 Å². The van der Waals surface area contributed by atoms with E-state index in [0.29, 0.717) is 10.7 Å². The van der Waals surface area contributed by atoms with E-state index < -0.39 is 5.91 Å². The fourth-order valence-corrected chi connectivity index (χ4v) is 2.70.